The highest BCUT2D eigenvalue weighted by Gasteiger charge is 2.63. The number of hydrogen-bond donors (Lipinski definition) is 0. The van der Waals surface area contributed by atoms with Crippen LogP contribution in [-0.2, 0) is 4.74 Å². The number of carbonyl (C=O) groups excluding carboxylic acids is 1. The number of rotatable bonds is 4. The van der Waals surface area contributed by atoms with Crippen molar-refractivity contribution >= 4 is 5.91 Å². The van der Waals surface area contributed by atoms with Gasteiger partial charge in [-0.2, -0.15) is 0 Å². The zero-order valence-corrected chi connectivity index (χ0v) is 16.2. The minimum atomic E-state index is -0.274. The van der Waals surface area contributed by atoms with E-state index in [9.17, 15) is 9.18 Å². The quantitative estimate of drug-likeness (QED) is 0.789. The molecule has 0 aromatic heterocycles. The van der Waals surface area contributed by atoms with Gasteiger partial charge in [-0.25, -0.2) is 4.39 Å². The lowest BCUT2D eigenvalue weighted by atomic mass is 9.48. The summed E-state index contributed by atoms with van der Waals surface area (Å²) in [6.07, 6.45) is 1.09. The minimum absolute atomic E-state index is 0.0499. The van der Waals surface area contributed by atoms with E-state index >= 15 is 0 Å². The summed E-state index contributed by atoms with van der Waals surface area (Å²) in [4.78, 5) is 15.2. The maximum Gasteiger partial charge on any atom is 0.253 e. The van der Waals surface area contributed by atoms with Crippen LogP contribution < -0.4 is 0 Å². The van der Waals surface area contributed by atoms with Crippen LogP contribution in [0, 0.1) is 22.6 Å². The van der Waals surface area contributed by atoms with E-state index in [2.05, 4.69) is 13.8 Å². The van der Waals surface area contributed by atoms with Crippen molar-refractivity contribution in [3.05, 3.63) is 59.9 Å². The number of ether oxygens (including phenoxy) is 1. The van der Waals surface area contributed by atoms with Crippen molar-refractivity contribution < 1.29 is 13.9 Å². The lowest BCUT2D eigenvalue weighted by Crippen LogP contribution is -2.55. The third-order valence-corrected chi connectivity index (χ3v) is 6.39. The molecule has 2 fully saturated rings. The van der Waals surface area contributed by atoms with Gasteiger partial charge >= 0.3 is 0 Å². The Kier molecular flexibility index (Phi) is 4.34. The molecule has 1 heterocycles. The number of fused-ring (bicyclic) bond motifs is 1. The number of benzene rings is 2. The Morgan fingerprint density at radius 2 is 1.89 bits per heavy atom. The van der Waals surface area contributed by atoms with Gasteiger partial charge in [0.2, 0.25) is 0 Å². The summed E-state index contributed by atoms with van der Waals surface area (Å²) in [6.45, 7) is 6.79. The van der Waals surface area contributed by atoms with Gasteiger partial charge in [-0.1, -0.05) is 38.1 Å². The third-order valence-electron chi connectivity index (χ3n) is 6.39. The van der Waals surface area contributed by atoms with Gasteiger partial charge in [-0.3, -0.25) is 4.79 Å². The van der Waals surface area contributed by atoms with Crippen LogP contribution in [0.4, 0.5) is 4.39 Å². The van der Waals surface area contributed by atoms with Crippen LogP contribution in [0.5, 0.6) is 0 Å². The Morgan fingerprint density at radius 3 is 2.56 bits per heavy atom. The predicted octanol–water partition coefficient (Wildman–Crippen LogP) is 4.63. The molecule has 0 unspecified atom stereocenters. The molecule has 27 heavy (non-hydrogen) atoms. The first kappa shape index (κ1) is 18.2. The molecule has 2 atom stereocenters. The summed E-state index contributed by atoms with van der Waals surface area (Å²) < 4.78 is 19.0. The minimum Gasteiger partial charge on any atom is -0.384 e. The van der Waals surface area contributed by atoms with E-state index in [0.29, 0.717) is 18.1 Å². The van der Waals surface area contributed by atoms with E-state index in [0.717, 1.165) is 30.6 Å². The average molecular weight is 367 g/mol. The van der Waals surface area contributed by atoms with Crippen molar-refractivity contribution in [3.63, 3.8) is 0 Å². The highest BCUT2D eigenvalue weighted by atomic mass is 19.1. The summed E-state index contributed by atoms with van der Waals surface area (Å²) in [5.41, 5.74) is 2.63. The van der Waals surface area contributed by atoms with Gasteiger partial charge in [-0.05, 0) is 53.1 Å². The van der Waals surface area contributed by atoms with E-state index in [-0.39, 0.29) is 22.6 Å². The monoisotopic (exact) mass is 367 g/mol. The lowest BCUT2D eigenvalue weighted by Gasteiger charge is -2.56. The molecule has 2 aliphatic rings. The molecule has 2 aromatic carbocycles. The molecule has 2 aromatic rings. The Morgan fingerprint density at radius 1 is 1.19 bits per heavy atom. The van der Waals surface area contributed by atoms with Crippen molar-refractivity contribution in [1.29, 1.82) is 0 Å². The van der Waals surface area contributed by atoms with Crippen LogP contribution in [0.1, 0.15) is 30.6 Å². The molecule has 0 bridgehead atoms. The van der Waals surface area contributed by atoms with Gasteiger partial charge in [0.15, 0.2) is 0 Å². The molecular weight excluding hydrogens is 341 g/mol. The van der Waals surface area contributed by atoms with E-state index in [1.54, 1.807) is 13.2 Å². The number of likely N-dealkylation sites (tertiary alicyclic amines) is 1. The van der Waals surface area contributed by atoms with Gasteiger partial charge in [0.25, 0.3) is 5.91 Å². The number of hydrogen-bond acceptors (Lipinski definition) is 2. The fraction of sp³-hybridized carbons (Fsp3) is 0.435. The number of methoxy groups -OCH3 is 1. The van der Waals surface area contributed by atoms with Crippen molar-refractivity contribution in [1.82, 2.24) is 4.90 Å². The maximum atomic E-state index is 13.6. The lowest BCUT2D eigenvalue weighted by molar-refractivity contribution is -0.107. The van der Waals surface area contributed by atoms with E-state index < -0.39 is 0 Å². The zero-order valence-electron chi connectivity index (χ0n) is 16.2. The van der Waals surface area contributed by atoms with Crippen LogP contribution in [0.25, 0.3) is 11.1 Å². The van der Waals surface area contributed by atoms with Crippen molar-refractivity contribution in [2.45, 2.75) is 20.3 Å². The van der Waals surface area contributed by atoms with E-state index in [1.165, 1.54) is 12.1 Å². The van der Waals surface area contributed by atoms with Gasteiger partial charge in [-0.15, -0.1) is 0 Å². The molecule has 4 heteroatoms. The summed E-state index contributed by atoms with van der Waals surface area (Å²) in [5.74, 6) is 0.248. The van der Waals surface area contributed by atoms with E-state index in [4.69, 9.17) is 4.74 Å². The second-order valence-electron chi connectivity index (χ2n) is 8.79. The fourth-order valence-electron chi connectivity index (χ4n) is 5.45. The van der Waals surface area contributed by atoms with Gasteiger partial charge in [0.1, 0.15) is 5.82 Å². The topological polar surface area (TPSA) is 29.5 Å². The molecule has 142 valence electrons. The summed E-state index contributed by atoms with van der Waals surface area (Å²) in [5, 5.41) is 0. The average Bonchev–Trinajstić information content (AvgIpc) is 2.96. The van der Waals surface area contributed by atoms with Gasteiger partial charge in [0.05, 0.1) is 6.61 Å². The molecule has 4 rings (SSSR count). The molecule has 0 N–H and O–H groups in total. The molecule has 3 nitrogen and oxygen atoms in total. The molecule has 1 aliphatic carbocycles. The molecular formula is C23H26FNO2. The third kappa shape index (κ3) is 3.06. The first-order chi connectivity index (χ1) is 12.8. The predicted molar refractivity (Wildman–Crippen MR) is 104 cm³/mol. The first-order valence-electron chi connectivity index (χ1n) is 9.49. The van der Waals surface area contributed by atoms with Crippen LogP contribution >= 0.6 is 0 Å². The van der Waals surface area contributed by atoms with E-state index in [1.807, 2.05) is 35.2 Å². The standard InChI is InChI=1S/C23H26FNO2/c1-22(2)13-23(15-27-3)14-25(12-20(22)23)21(26)18-8-4-6-16(10-18)17-7-5-9-19(24)11-17/h4-11,20H,12-15H2,1-3H3/t20-,23-/m1/s1. The Bertz CT molecular complexity index is 878. The molecule has 1 saturated carbocycles. The fourth-order valence-corrected chi connectivity index (χ4v) is 5.45. The normalized spacial score (nSPS) is 25.8. The molecule has 1 aliphatic heterocycles. The van der Waals surface area contributed by atoms with Crippen LogP contribution in [0.2, 0.25) is 0 Å². The van der Waals surface area contributed by atoms with Crippen LogP contribution in [0.15, 0.2) is 48.5 Å². The number of nitrogens with zero attached hydrogens (tertiary/aromatic N) is 1. The second-order valence-corrected chi connectivity index (χ2v) is 8.79. The Labute approximate surface area is 160 Å². The second kappa shape index (κ2) is 6.45. The first-order valence-corrected chi connectivity index (χ1v) is 9.49. The largest absolute Gasteiger partial charge is 0.384 e. The highest BCUT2D eigenvalue weighted by molar-refractivity contribution is 5.95. The number of halogens is 1. The molecule has 0 spiro atoms. The zero-order chi connectivity index (χ0) is 19.2. The van der Waals surface area contributed by atoms with Crippen molar-refractivity contribution in [3.8, 4) is 11.1 Å². The van der Waals surface area contributed by atoms with Crippen LogP contribution in [-0.4, -0.2) is 37.6 Å². The van der Waals surface area contributed by atoms with Crippen LogP contribution in [0.3, 0.4) is 0 Å². The molecule has 1 saturated heterocycles. The molecule has 0 radical (unpaired) electrons. The van der Waals surface area contributed by atoms with Crippen molar-refractivity contribution in [2.24, 2.45) is 16.7 Å². The Balaban J connectivity index is 1.58. The smallest absolute Gasteiger partial charge is 0.253 e. The van der Waals surface area contributed by atoms with Crippen molar-refractivity contribution in [2.75, 3.05) is 26.8 Å². The van der Waals surface area contributed by atoms with Gasteiger partial charge in [0, 0.05) is 31.2 Å². The Hall–Kier alpha value is -2.20. The SMILES string of the molecule is COC[C@@]12CN(C(=O)c3cccc(-c4cccc(F)c4)c3)C[C@@H]1C(C)(C)C2. The number of carbonyl (C=O) groups is 1. The van der Waals surface area contributed by atoms with Gasteiger partial charge < -0.3 is 9.64 Å². The number of amides is 1. The molecule has 1 amide bonds. The summed E-state index contributed by atoms with van der Waals surface area (Å²) >= 11 is 0. The highest BCUT2D eigenvalue weighted by Crippen LogP contribution is 2.62. The summed E-state index contributed by atoms with van der Waals surface area (Å²) in [6, 6.07) is 14.0. The summed E-state index contributed by atoms with van der Waals surface area (Å²) in [7, 11) is 1.74. The maximum absolute atomic E-state index is 13.6.